The third-order valence-electron chi connectivity index (χ3n) is 3.02. The number of benzene rings is 1. The van der Waals surface area contributed by atoms with E-state index in [0.717, 1.165) is 26.0 Å². The Morgan fingerprint density at radius 2 is 2.35 bits per heavy atom. The van der Waals surface area contributed by atoms with E-state index in [1.165, 1.54) is 18.2 Å². The van der Waals surface area contributed by atoms with Crippen molar-refractivity contribution in [1.29, 1.82) is 0 Å². The molecule has 0 aromatic heterocycles. The zero-order valence-corrected chi connectivity index (χ0v) is 10.0. The van der Waals surface area contributed by atoms with E-state index in [9.17, 15) is 9.50 Å². The van der Waals surface area contributed by atoms with E-state index < -0.39 is 0 Å². The summed E-state index contributed by atoms with van der Waals surface area (Å²) in [6.45, 7) is 2.18. The summed E-state index contributed by atoms with van der Waals surface area (Å²) in [6, 6.07) is 4.03. The first kappa shape index (κ1) is 12.3. The van der Waals surface area contributed by atoms with E-state index in [1.807, 2.05) is 11.9 Å². The molecule has 0 amide bonds. The molecule has 1 aliphatic heterocycles. The number of hydrogen-bond acceptors (Lipinski definition) is 3. The molecule has 1 saturated heterocycles. The van der Waals surface area contributed by atoms with Crippen molar-refractivity contribution < 1.29 is 14.2 Å². The molecule has 0 bridgehead atoms. The quantitative estimate of drug-likeness (QED) is 0.873. The molecule has 3 nitrogen and oxygen atoms in total. The third-order valence-corrected chi connectivity index (χ3v) is 3.02. The third kappa shape index (κ3) is 3.41. The summed E-state index contributed by atoms with van der Waals surface area (Å²) in [5.74, 6) is -0.172. The highest BCUT2D eigenvalue weighted by Crippen LogP contribution is 2.20. The first-order chi connectivity index (χ1) is 8.15. The molecule has 1 N–H and O–H groups in total. The highest BCUT2D eigenvalue weighted by Gasteiger charge is 2.17. The summed E-state index contributed by atoms with van der Waals surface area (Å²) in [5.41, 5.74) is 0.616. The number of phenolic OH excluding ortho intramolecular Hbond substituents is 1. The van der Waals surface area contributed by atoms with Crippen LogP contribution in [0.2, 0.25) is 0 Å². The largest absolute Gasteiger partial charge is 0.508 e. The summed E-state index contributed by atoms with van der Waals surface area (Å²) < 4.78 is 18.6. The predicted octanol–water partition coefficient (Wildman–Crippen LogP) is 2.14. The molecule has 17 heavy (non-hydrogen) atoms. The molecule has 1 aromatic rings. The number of ether oxygens (including phenoxy) is 1. The molecular weight excluding hydrogens is 221 g/mol. The van der Waals surface area contributed by atoms with Crippen LogP contribution in [0.3, 0.4) is 0 Å². The Kier molecular flexibility index (Phi) is 3.97. The number of halogens is 1. The number of rotatable bonds is 4. The number of phenols is 1. The summed E-state index contributed by atoms with van der Waals surface area (Å²) in [4.78, 5) is 2.05. The van der Waals surface area contributed by atoms with Crippen LogP contribution < -0.4 is 0 Å². The molecule has 2 rings (SSSR count). The lowest BCUT2D eigenvalue weighted by Crippen LogP contribution is -2.28. The summed E-state index contributed by atoms with van der Waals surface area (Å²) >= 11 is 0. The molecule has 1 atom stereocenters. The van der Waals surface area contributed by atoms with Crippen LogP contribution in [0.5, 0.6) is 5.75 Å². The molecule has 1 fully saturated rings. The van der Waals surface area contributed by atoms with Crippen molar-refractivity contribution in [3.63, 3.8) is 0 Å². The van der Waals surface area contributed by atoms with Crippen molar-refractivity contribution in [3.8, 4) is 5.75 Å². The smallest absolute Gasteiger partial charge is 0.123 e. The first-order valence-electron chi connectivity index (χ1n) is 5.92. The molecule has 4 heteroatoms. The fourth-order valence-corrected chi connectivity index (χ4v) is 2.17. The van der Waals surface area contributed by atoms with Crippen LogP contribution in [0, 0.1) is 5.82 Å². The maximum atomic E-state index is 13.0. The molecule has 0 spiro atoms. The van der Waals surface area contributed by atoms with E-state index in [1.54, 1.807) is 0 Å². The summed E-state index contributed by atoms with van der Waals surface area (Å²) in [6.07, 6.45) is 2.47. The van der Waals surface area contributed by atoms with Gasteiger partial charge >= 0.3 is 0 Å². The van der Waals surface area contributed by atoms with Crippen molar-refractivity contribution in [2.45, 2.75) is 25.5 Å². The van der Waals surface area contributed by atoms with Gasteiger partial charge in [0.1, 0.15) is 11.6 Å². The molecule has 0 saturated carbocycles. The van der Waals surface area contributed by atoms with Gasteiger partial charge in [-0.3, -0.25) is 4.90 Å². The van der Waals surface area contributed by atoms with Gasteiger partial charge in [-0.05, 0) is 38.1 Å². The Labute approximate surface area is 101 Å². The minimum Gasteiger partial charge on any atom is -0.508 e. The summed E-state index contributed by atoms with van der Waals surface area (Å²) in [5, 5.41) is 9.62. The standard InChI is InChI=1S/C13H18FNO2/c1-15(9-12-3-2-6-17-12)8-10-7-11(14)4-5-13(10)16/h4-5,7,12,16H,2-3,6,8-9H2,1H3. The normalized spacial score (nSPS) is 20.1. The lowest BCUT2D eigenvalue weighted by molar-refractivity contribution is 0.0791. The Balaban J connectivity index is 1.92. The highest BCUT2D eigenvalue weighted by molar-refractivity contribution is 5.32. The van der Waals surface area contributed by atoms with Gasteiger partial charge in [0.15, 0.2) is 0 Å². The van der Waals surface area contributed by atoms with Crippen LogP contribution in [0.1, 0.15) is 18.4 Å². The summed E-state index contributed by atoms with van der Waals surface area (Å²) in [7, 11) is 1.95. The Morgan fingerprint density at radius 3 is 3.06 bits per heavy atom. The Bertz CT molecular complexity index is 378. The van der Waals surface area contributed by atoms with Crippen LogP contribution in [0.25, 0.3) is 0 Å². The van der Waals surface area contributed by atoms with E-state index in [0.29, 0.717) is 12.1 Å². The molecule has 1 aliphatic rings. The second kappa shape index (κ2) is 5.47. The monoisotopic (exact) mass is 239 g/mol. The minimum atomic E-state index is -0.316. The van der Waals surface area contributed by atoms with Crippen LogP contribution in [0.15, 0.2) is 18.2 Å². The molecule has 1 aromatic carbocycles. The van der Waals surface area contributed by atoms with E-state index >= 15 is 0 Å². The first-order valence-corrected chi connectivity index (χ1v) is 5.92. The Morgan fingerprint density at radius 1 is 1.53 bits per heavy atom. The van der Waals surface area contributed by atoms with Crippen LogP contribution in [-0.4, -0.2) is 36.3 Å². The van der Waals surface area contributed by atoms with Crippen molar-refractivity contribution >= 4 is 0 Å². The zero-order valence-electron chi connectivity index (χ0n) is 10.0. The van der Waals surface area contributed by atoms with Crippen LogP contribution in [0.4, 0.5) is 4.39 Å². The lowest BCUT2D eigenvalue weighted by atomic mass is 10.1. The van der Waals surface area contributed by atoms with Gasteiger partial charge in [-0.2, -0.15) is 0 Å². The lowest BCUT2D eigenvalue weighted by Gasteiger charge is -2.20. The number of aromatic hydroxyl groups is 1. The molecule has 0 radical (unpaired) electrons. The average Bonchev–Trinajstić information content (AvgIpc) is 2.76. The van der Waals surface area contributed by atoms with Crippen LogP contribution >= 0.6 is 0 Å². The molecular formula is C13H18FNO2. The van der Waals surface area contributed by atoms with Gasteiger partial charge in [-0.25, -0.2) is 4.39 Å². The molecule has 94 valence electrons. The van der Waals surface area contributed by atoms with Gasteiger partial charge in [0.25, 0.3) is 0 Å². The van der Waals surface area contributed by atoms with E-state index in [4.69, 9.17) is 4.74 Å². The number of likely N-dealkylation sites (N-methyl/N-ethyl adjacent to an activating group) is 1. The molecule has 0 aliphatic carbocycles. The minimum absolute atomic E-state index is 0.144. The number of nitrogens with zero attached hydrogens (tertiary/aromatic N) is 1. The van der Waals surface area contributed by atoms with Gasteiger partial charge in [0.05, 0.1) is 6.10 Å². The Hall–Kier alpha value is -1.13. The van der Waals surface area contributed by atoms with Gasteiger partial charge in [-0.15, -0.1) is 0 Å². The topological polar surface area (TPSA) is 32.7 Å². The van der Waals surface area contributed by atoms with Crippen molar-refractivity contribution in [3.05, 3.63) is 29.6 Å². The molecule has 1 unspecified atom stereocenters. The second-order valence-corrected chi connectivity index (χ2v) is 4.60. The molecule has 1 heterocycles. The van der Waals surface area contributed by atoms with Gasteiger partial charge in [0.2, 0.25) is 0 Å². The number of hydrogen-bond donors (Lipinski definition) is 1. The zero-order chi connectivity index (χ0) is 12.3. The van der Waals surface area contributed by atoms with E-state index in [2.05, 4.69) is 0 Å². The maximum Gasteiger partial charge on any atom is 0.123 e. The van der Waals surface area contributed by atoms with Crippen LogP contribution in [-0.2, 0) is 11.3 Å². The van der Waals surface area contributed by atoms with Gasteiger partial charge < -0.3 is 9.84 Å². The predicted molar refractivity (Wildman–Crippen MR) is 63.4 cm³/mol. The van der Waals surface area contributed by atoms with Crippen molar-refractivity contribution in [2.24, 2.45) is 0 Å². The van der Waals surface area contributed by atoms with Crippen molar-refractivity contribution in [2.75, 3.05) is 20.2 Å². The maximum absolute atomic E-state index is 13.0. The fraction of sp³-hybridized carbons (Fsp3) is 0.538. The van der Waals surface area contributed by atoms with Gasteiger partial charge in [-0.1, -0.05) is 0 Å². The average molecular weight is 239 g/mol. The van der Waals surface area contributed by atoms with Gasteiger partial charge in [0, 0.05) is 25.3 Å². The highest BCUT2D eigenvalue weighted by atomic mass is 19.1. The van der Waals surface area contributed by atoms with Crippen molar-refractivity contribution in [1.82, 2.24) is 4.90 Å². The van der Waals surface area contributed by atoms with E-state index in [-0.39, 0.29) is 17.7 Å². The SMILES string of the molecule is CN(Cc1cc(F)ccc1O)CC1CCCO1. The second-order valence-electron chi connectivity index (χ2n) is 4.60. The fourth-order valence-electron chi connectivity index (χ4n) is 2.17.